The molecule has 2 amide bonds. The molecule has 170 valence electrons. The lowest BCUT2D eigenvalue weighted by molar-refractivity contribution is 0.0240. The number of piperazine rings is 1. The maximum Gasteiger partial charge on any atom is 0.410 e. The quantitative estimate of drug-likeness (QED) is 0.768. The van der Waals surface area contributed by atoms with Gasteiger partial charge in [0, 0.05) is 37.4 Å². The van der Waals surface area contributed by atoms with Gasteiger partial charge in [-0.05, 0) is 69.4 Å². The Bertz CT molecular complexity index is 974. The molecule has 6 nitrogen and oxygen atoms in total. The summed E-state index contributed by atoms with van der Waals surface area (Å²) in [4.78, 5) is 29.3. The van der Waals surface area contributed by atoms with Gasteiger partial charge in [0.2, 0.25) is 0 Å². The number of rotatable bonds is 3. The summed E-state index contributed by atoms with van der Waals surface area (Å²) in [5, 5.41) is 3.24. The number of aryl methyl sites for hydroxylation is 1. The molecular weight excluding hydrogens is 402 g/mol. The van der Waals surface area contributed by atoms with Crippen LogP contribution in [0.25, 0.3) is 0 Å². The van der Waals surface area contributed by atoms with Gasteiger partial charge in [0.25, 0.3) is 5.91 Å². The zero-order valence-corrected chi connectivity index (χ0v) is 19.3. The van der Waals surface area contributed by atoms with Crippen molar-refractivity contribution < 1.29 is 14.3 Å². The van der Waals surface area contributed by atoms with Crippen LogP contribution in [0.1, 0.15) is 61.1 Å². The van der Waals surface area contributed by atoms with Gasteiger partial charge in [-0.1, -0.05) is 30.3 Å². The van der Waals surface area contributed by atoms with Gasteiger partial charge in [0.15, 0.2) is 0 Å². The number of nitrogens with one attached hydrogen (secondary N) is 1. The Balaban J connectivity index is 1.38. The minimum absolute atomic E-state index is 0.0408. The summed E-state index contributed by atoms with van der Waals surface area (Å²) in [7, 11) is 0. The third-order valence-electron chi connectivity index (χ3n) is 6.08. The first-order valence-electron chi connectivity index (χ1n) is 11.5. The predicted molar refractivity (Wildman–Crippen MR) is 126 cm³/mol. The van der Waals surface area contributed by atoms with E-state index >= 15 is 0 Å². The first-order chi connectivity index (χ1) is 15.3. The van der Waals surface area contributed by atoms with Crippen molar-refractivity contribution in [3.63, 3.8) is 0 Å². The van der Waals surface area contributed by atoms with Crippen molar-refractivity contribution in [3.8, 4) is 0 Å². The van der Waals surface area contributed by atoms with Crippen LogP contribution in [-0.4, -0.2) is 48.7 Å². The molecule has 1 unspecified atom stereocenters. The van der Waals surface area contributed by atoms with E-state index in [1.807, 2.05) is 51.1 Å². The van der Waals surface area contributed by atoms with E-state index in [0.717, 1.165) is 24.9 Å². The Morgan fingerprint density at radius 1 is 1.00 bits per heavy atom. The normalized spacial score (nSPS) is 18.7. The van der Waals surface area contributed by atoms with Crippen molar-refractivity contribution in [1.82, 2.24) is 10.2 Å². The molecular formula is C26H33N3O3. The number of hydrogen-bond acceptors (Lipinski definition) is 4. The maximum absolute atomic E-state index is 13.0. The number of benzene rings is 2. The van der Waals surface area contributed by atoms with Crippen molar-refractivity contribution in [2.75, 3.05) is 31.1 Å². The zero-order chi connectivity index (χ0) is 22.7. The Hall–Kier alpha value is -3.02. The van der Waals surface area contributed by atoms with Crippen LogP contribution in [0.2, 0.25) is 0 Å². The summed E-state index contributed by atoms with van der Waals surface area (Å²) < 4.78 is 5.48. The molecule has 4 rings (SSSR count). The van der Waals surface area contributed by atoms with Crippen molar-refractivity contribution in [3.05, 3.63) is 65.2 Å². The number of hydrogen-bond donors (Lipinski definition) is 1. The van der Waals surface area contributed by atoms with Crippen LogP contribution in [0.3, 0.4) is 0 Å². The molecule has 1 atom stereocenters. The summed E-state index contributed by atoms with van der Waals surface area (Å²) in [5.74, 6) is -0.0408. The molecule has 0 aromatic heterocycles. The number of ether oxygens (including phenoxy) is 1. The fourth-order valence-electron chi connectivity index (χ4n) is 4.46. The smallest absolute Gasteiger partial charge is 0.410 e. The van der Waals surface area contributed by atoms with Crippen LogP contribution in [-0.2, 0) is 11.2 Å². The second-order valence-electron chi connectivity index (χ2n) is 9.62. The van der Waals surface area contributed by atoms with E-state index in [1.165, 1.54) is 11.1 Å². The molecule has 1 fully saturated rings. The van der Waals surface area contributed by atoms with Gasteiger partial charge in [-0.15, -0.1) is 0 Å². The van der Waals surface area contributed by atoms with Crippen molar-refractivity contribution in [2.24, 2.45) is 0 Å². The van der Waals surface area contributed by atoms with Crippen LogP contribution in [0.5, 0.6) is 0 Å². The van der Waals surface area contributed by atoms with Gasteiger partial charge in [-0.25, -0.2) is 4.79 Å². The van der Waals surface area contributed by atoms with E-state index in [-0.39, 0.29) is 18.0 Å². The molecule has 1 N–H and O–H groups in total. The monoisotopic (exact) mass is 435 g/mol. The summed E-state index contributed by atoms with van der Waals surface area (Å²) in [5.41, 5.74) is 3.75. The first-order valence-corrected chi connectivity index (χ1v) is 11.5. The Kier molecular flexibility index (Phi) is 6.40. The highest BCUT2D eigenvalue weighted by Gasteiger charge is 2.26. The van der Waals surface area contributed by atoms with E-state index < -0.39 is 5.60 Å². The topological polar surface area (TPSA) is 61.9 Å². The van der Waals surface area contributed by atoms with Crippen LogP contribution in [0.4, 0.5) is 10.5 Å². The zero-order valence-electron chi connectivity index (χ0n) is 19.3. The standard InChI is InChI=1S/C26H33N3O3/c1-26(2,3)32-25(31)29-16-14-28(15-17-29)21-11-6-10-20(18-21)24(30)27-23-13-7-9-19-8-4-5-12-22(19)23/h4-6,8,10-12,18,23H,7,9,13-17H2,1-3H3,(H,27,30). The Labute approximate surface area is 190 Å². The Morgan fingerprint density at radius 3 is 2.50 bits per heavy atom. The minimum Gasteiger partial charge on any atom is -0.444 e. The van der Waals surface area contributed by atoms with Gasteiger partial charge in [-0.2, -0.15) is 0 Å². The summed E-state index contributed by atoms with van der Waals surface area (Å²) in [6, 6.07) is 16.2. The van der Waals surface area contributed by atoms with E-state index in [9.17, 15) is 9.59 Å². The molecule has 6 heteroatoms. The highest BCUT2D eigenvalue weighted by atomic mass is 16.6. The second-order valence-corrected chi connectivity index (χ2v) is 9.62. The lowest BCUT2D eigenvalue weighted by Gasteiger charge is -2.36. The molecule has 0 radical (unpaired) electrons. The highest BCUT2D eigenvalue weighted by Crippen LogP contribution is 2.30. The third kappa shape index (κ3) is 5.23. The van der Waals surface area contributed by atoms with Crippen LogP contribution < -0.4 is 10.2 Å². The molecule has 2 aromatic carbocycles. The average molecular weight is 436 g/mol. The SMILES string of the molecule is CC(C)(C)OC(=O)N1CCN(c2cccc(C(=O)NC3CCCc4ccccc43)c2)CC1. The number of nitrogens with zero attached hydrogens (tertiary/aromatic N) is 2. The molecule has 0 spiro atoms. The maximum atomic E-state index is 13.0. The third-order valence-corrected chi connectivity index (χ3v) is 6.08. The van der Waals surface area contributed by atoms with Gasteiger partial charge in [0.1, 0.15) is 5.60 Å². The fraction of sp³-hybridized carbons (Fsp3) is 0.462. The largest absolute Gasteiger partial charge is 0.444 e. The van der Waals surface area contributed by atoms with Crippen LogP contribution >= 0.6 is 0 Å². The lowest BCUT2D eigenvalue weighted by atomic mass is 9.87. The van der Waals surface area contributed by atoms with E-state index in [1.54, 1.807) is 4.90 Å². The summed E-state index contributed by atoms with van der Waals surface area (Å²) in [6.45, 7) is 8.26. The lowest BCUT2D eigenvalue weighted by Crippen LogP contribution is -2.50. The number of anilines is 1. The molecule has 0 saturated carbocycles. The van der Waals surface area contributed by atoms with Gasteiger partial charge < -0.3 is 19.9 Å². The van der Waals surface area contributed by atoms with Crippen molar-refractivity contribution in [1.29, 1.82) is 0 Å². The molecule has 1 aliphatic carbocycles. The highest BCUT2D eigenvalue weighted by molar-refractivity contribution is 5.95. The minimum atomic E-state index is -0.491. The number of carbonyl (C=O) groups excluding carboxylic acids is 2. The summed E-state index contributed by atoms with van der Waals surface area (Å²) in [6.07, 6.45) is 2.87. The molecule has 2 aromatic rings. The van der Waals surface area contributed by atoms with Crippen LogP contribution in [0, 0.1) is 0 Å². The van der Waals surface area contributed by atoms with Crippen molar-refractivity contribution in [2.45, 2.75) is 51.7 Å². The second kappa shape index (κ2) is 9.23. The first kappa shape index (κ1) is 22.2. The number of amides is 2. The number of carbonyl (C=O) groups is 2. The van der Waals surface area contributed by atoms with E-state index in [4.69, 9.17) is 4.74 Å². The molecule has 1 saturated heterocycles. The molecule has 1 aliphatic heterocycles. The molecule has 1 heterocycles. The fourth-order valence-corrected chi connectivity index (χ4v) is 4.46. The van der Waals surface area contributed by atoms with Crippen molar-refractivity contribution >= 4 is 17.7 Å². The predicted octanol–water partition coefficient (Wildman–Crippen LogP) is 4.55. The van der Waals surface area contributed by atoms with E-state index in [0.29, 0.717) is 31.7 Å². The Morgan fingerprint density at radius 2 is 1.75 bits per heavy atom. The van der Waals surface area contributed by atoms with Crippen LogP contribution in [0.15, 0.2) is 48.5 Å². The van der Waals surface area contributed by atoms with Gasteiger partial charge >= 0.3 is 6.09 Å². The van der Waals surface area contributed by atoms with E-state index in [2.05, 4.69) is 28.4 Å². The van der Waals surface area contributed by atoms with Gasteiger partial charge in [0.05, 0.1) is 6.04 Å². The van der Waals surface area contributed by atoms with Gasteiger partial charge in [-0.3, -0.25) is 4.79 Å². The molecule has 2 aliphatic rings. The molecule has 0 bridgehead atoms. The summed E-state index contributed by atoms with van der Waals surface area (Å²) >= 11 is 0. The average Bonchev–Trinajstić information content (AvgIpc) is 2.78. The number of fused-ring (bicyclic) bond motifs is 1. The molecule has 32 heavy (non-hydrogen) atoms.